The third kappa shape index (κ3) is 3.48. The molecule has 1 saturated heterocycles. The van der Waals surface area contributed by atoms with Crippen LogP contribution < -0.4 is 5.11 Å². The van der Waals surface area contributed by atoms with Gasteiger partial charge in [-0.3, -0.25) is 4.79 Å². The van der Waals surface area contributed by atoms with Gasteiger partial charge >= 0.3 is 5.97 Å². The maximum absolute atomic E-state index is 13.0. The summed E-state index contributed by atoms with van der Waals surface area (Å²) >= 11 is 0. The Morgan fingerprint density at radius 3 is 2.50 bits per heavy atom. The molecule has 0 radical (unpaired) electrons. The molecule has 2 aliphatic rings. The van der Waals surface area contributed by atoms with E-state index in [1.165, 1.54) is 7.11 Å². The largest absolute Gasteiger partial charge is 0.872 e. The number of carbonyl (C=O) groups excluding carboxylic acids is 2. The van der Waals surface area contributed by atoms with Gasteiger partial charge in [0.1, 0.15) is 0 Å². The van der Waals surface area contributed by atoms with Crippen LogP contribution in [0.2, 0.25) is 0 Å². The van der Waals surface area contributed by atoms with Gasteiger partial charge in [-0.1, -0.05) is 33.0 Å². The normalized spacial score (nSPS) is 23.3. The van der Waals surface area contributed by atoms with Gasteiger partial charge in [-0.05, 0) is 6.42 Å². The first kappa shape index (κ1) is 18.5. The average molecular weight is 336 g/mol. The molecule has 0 aromatic rings. The first-order chi connectivity index (χ1) is 11.3. The summed E-state index contributed by atoms with van der Waals surface area (Å²) in [5, 5.41) is 13.0. The number of rotatable bonds is 4. The Balaban J connectivity index is 2.61. The number of ketones is 1. The van der Waals surface area contributed by atoms with Crippen LogP contribution in [0.15, 0.2) is 22.6 Å². The summed E-state index contributed by atoms with van der Waals surface area (Å²) in [6.07, 6.45) is 1.57. The molecular formula is C18H26NO5-. The molecule has 6 nitrogen and oxygen atoms in total. The zero-order valence-corrected chi connectivity index (χ0v) is 14.9. The van der Waals surface area contributed by atoms with Gasteiger partial charge in [-0.15, -0.1) is 0 Å². The molecule has 1 heterocycles. The fourth-order valence-electron chi connectivity index (χ4n) is 3.41. The van der Waals surface area contributed by atoms with E-state index in [2.05, 4.69) is 0 Å². The first-order valence-corrected chi connectivity index (χ1v) is 8.43. The molecular weight excluding hydrogens is 310 g/mol. The number of esters is 1. The highest BCUT2D eigenvalue weighted by atomic mass is 16.5. The van der Waals surface area contributed by atoms with Crippen LogP contribution in [-0.4, -0.2) is 50.1 Å². The quantitative estimate of drug-likeness (QED) is 0.566. The van der Waals surface area contributed by atoms with Crippen molar-refractivity contribution in [1.82, 2.24) is 4.90 Å². The minimum atomic E-state index is -0.812. The Morgan fingerprint density at radius 1 is 1.33 bits per heavy atom. The third-order valence-corrected chi connectivity index (χ3v) is 4.57. The Hall–Kier alpha value is -1.82. The van der Waals surface area contributed by atoms with Gasteiger partial charge in [0.15, 0.2) is 5.78 Å². The molecule has 0 unspecified atom stereocenters. The molecule has 1 aliphatic carbocycles. The minimum absolute atomic E-state index is 0.0708. The van der Waals surface area contributed by atoms with E-state index >= 15 is 0 Å². The van der Waals surface area contributed by atoms with Crippen molar-refractivity contribution in [3.63, 3.8) is 0 Å². The van der Waals surface area contributed by atoms with Crippen molar-refractivity contribution in [2.45, 2.75) is 40.0 Å². The molecule has 134 valence electrons. The smallest absolute Gasteiger partial charge is 0.333 e. The van der Waals surface area contributed by atoms with Crippen LogP contribution in [0.5, 0.6) is 0 Å². The highest BCUT2D eigenvalue weighted by molar-refractivity contribution is 6.06. The number of Topliss-reactive ketones (excluding diaryl/α,β-unsaturated/α-hetero) is 1. The van der Waals surface area contributed by atoms with Crippen molar-refractivity contribution in [2.75, 3.05) is 33.4 Å². The van der Waals surface area contributed by atoms with Gasteiger partial charge < -0.3 is 19.5 Å². The molecule has 1 aliphatic heterocycles. The molecule has 0 bridgehead atoms. The second-order valence-electron chi connectivity index (χ2n) is 6.85. The van der Waals surface area contributed by atoms with Crippen molar-refractivity contribution in [2.24, 2.45) is 5.41 Å². The van der Waals surface area contributed by atoms with Crippen LogP contribution in [0.25, 0.3) is 0 Å². The van der Waals surface area contributed by atoms with Gasteiger partial charge in [-0.25, -0.2) is 4.79 Å². The van der Waals surface area contributed by atoms with Crippen molar-refractivity contribution < 1.29 is 24.2 Å². The van der Waals surface area contributed by atoms with E-state index in [9.17, 15) is 14.7 Å². The van der Waals surface area contributed by atoms with E-state index in [-0.39, 0.29) is 23.4 Å². The average Bonchev–Trinajstić information content (AvgIpc) is 2.53. The number of carbonyl (C=O) groups is 2. The van der Waals surface area contributed by atoms with Crippen LogP contribution in [0.4, 0.5) is 0 Å². The van der Waals surface area contributed by atoms with E-state index in [1.807, 2.05) is 11.8 Å². The Bertz CT molecular complexity index is 582. The van der Waals surface area contributed by atoms with Gasteiger partial charge in [0, 0.05) is 41.8 Å². The second kappa shape index (κ2) is 7.38. The number of allylic oxidation sites excluding steroid dienone is 2. The number of morpholine rings is 1. The summed E-state index contributed by atoms with van der Waals surface area (Å²) in [5.41, 5.74) is 0.167. The summed E-state index contributed by atoms with van der Waals surface area (Å²) in [6.45, 7) is 7.92. The lowest BCUT2D eigenvalue weighted by Crippen LogP contribution is -2.41. The van der Waals surface area contributed by atoms with Crippen LogP contribution >= 0.6 is 0 Å². The van der Waals surface area contributed by atoms with E-state index < -0.39 is 17.1 Å². The molecule has 6 heteroatoms. The molecule has 0 atom stereocenters. The first-order valence-electron chi connectivity index (χ1n) is 8.43. The van der Waals surface area contributed by atoms with E-state index in [1.54, 1.807) is 13.8 Å². The number of hydrogen-bond acceptors (Lipinski definition) is 6. The predicted molar refractivity (Wildman–Crippen MR) is 86.8 cm³/mol. The number of nitrogens with zero attached hydrogens (tertiary/aromatic N) is 1. The lowest BCUT2D eigenvalue weighted by molar-refractivity contribution is -0.300. The van der Waals surface area contributed by atoms with Crippen molar-refractivity contribution in [3.05, 3.63) is 22.6 Å². The molecule has 0 spiro atoms. The maximum atomic E-state index is 13.0. The summed E-state index contributed by atoms with van der Waals surface area (Å²) in [7, 11) is 1.26. The summed E-state index contributed by atoms with van der Waals surface area (Å²) in [4.78, 5) is 26.9. The highest BCUT2D eigenvalue weighted by Crippen LogP contribution is 2.41. The Labute approximate surface area is 143 Å². The predicted octanol–water partition coefficient (Wildman–Crippen LogP) is 1.16. The zero-order chi connectivity index (χ0) is 17.9. The van der Waals surface area contributed by atoms with Crippen LogP contribution in [0, 0.1) is 5.41 Å². The number of ether oxygens (including phenoxy) is 2. The van der Waals surface area contributed by atoms with Gasteiger partial charge in [0.2, 0.25) is 0 Å². The molecule has 2 rings (SSSR count). The summed E-state index contributed by atoms with van der Waals surface area (Å²) in [6, 6.07) is 0. The standard InChI is InChI=1S/C18H27NO5/c1-5-6-12(19-7-9-24-10-8-19)14-13(20)11-18(2,3)15(16(14)21)17(22)23-4/h21H,5-11H2,1-4H3/p-1/b14-12+. The molecule has 24 heavy (non-hydrogen) atoms. The molecule has 0 aromatic carbocycles. The van der Waals surface area contributed by atoms with Gasteiger partial charge in [0.25, 0.3) is 0 Å². The lowest BCUT2D eigenvalue weighted by atomic mass is 9.72. The fraction of sp³-hybridized carbons (Fsp3) is 0.667. The molecule has 0 aromatic heterocycles. The number of hydrogen-bond donors (Lipinski definition) is 0. The van der Waals surface area contributed by atoms with E-state index in [0.29, 0.717) is 32.7 Å². The molecule has 0 saturated carbocycles. The molecule has 0 N–H and O–H groups in total. The van der Waals surface area contributed by atoms with Gasteiger partial charge in [-0.2, -0.15) is 0 Å². The number of methoxy groups -OCH3 is 1. The van der Waals surface area contributed by atoms with Crippen LogP contribution in [0.3, 0.4) is 0 Å². The van der Waals surface area contributed by atoms with E-state index in [4.69, 9.17) is 9.47 Å². The topological polar surface area (TPSA) is 78.9 Å². The second-order valence-corrected chi connectivity index (χ2v) is 6.85. The Morgan fingerprint density at radius 2 is 1.96 bits per heavy atom. The van der Waals surface area contributed by atoms with Crippen LogP contribution in [-0.2, 0) is 19.1 Å². The van der Waals surface area contributed by atoms with E-state index in [0.717, 1.165) is 12.1 Å². The third-order valence-electron chi connectivity index (χ3n) is 4.57. The zero-order valence-electron chi connectivity index (χ0n) is 14.9. The summed E-state index contributed by atoms with van der Waals surface area (Å²) in [5.74, 6) is -1.31. The lowest BCUT2D eigenvalue weighted by Gasteiger charge is -2.40. The van der Waals surface area contributed by atoms with Crippen molar-refractivity contribution in [1.29, 1.82) is 0 Å². The molecule has 0 amide bonds. The van der Waals surface area contributed by atoms with Crippen molar-refractivity contribution >= 4 is 11.8 Å². The van der Waals surface area contributed by atoms with Gasteiger partial charge in [0.05, 0.1) is 20.3 Å². The van der Waals surface area contributed by atoms with Crippen LogP contribution in [0.1, 0.15) is 40.0 Å². The minimum Gasteiger partial charge on any atom is -0.872 e. The SMILES string of the molecule is CCC/C(=C1/C(=O)CC(C)(C)C(C(=O)OC)=C1[O-])N1CCOCC1. The monoisotopic (exact) mass is 336 g/mol. The summed E-state index contributed by atoms with van der Waals surface area (Å²) < 4.78 is 10.2. The Kier molecular flexibility index (Phi) is 5.70. The maximum Gasteiger partial charge on any atom is 0.333 e. The fourth-order valence-corrected chi connectivity index (χ4v) is 3.41. The highest BCUT2D eigenvalue weighted by Gasteiger charge is 2.39. The molecule has 1 fully saturated rings. The van der Waals surface area contributed by atoms with Crippen molar-refractivity contribution in [3.8, 4) is 0 Å².